The zero-order valence-corrected chi connectivity index (χ0v) is 28.0. The van der Waals surface area contributed by atoms with Crippen molar-refractivity contribution in [2.45, 2.75) is 44.7 Å². The van der Waals surface area contributed by atoms with Crippen molar-refractivity contribution in [2.75, 3.05) is 45.8 Å². The zero-order chi connectivity index (χ0) is 34.0. The molecule has 0 aliphatic carbocycles. The lowest BCUT2D eigenvalue weighted by Crippen LogP contribution is -2.52. The molecule has 0 radical (unpaired) electrons. The number of amides is 2. The molecule has 11 nitrogen and oxygen atoms in total. The highest BCUT2D eigenvalue weighted by Gasteiger charge is 2.35. The van der Waals surface area contributed by atoms with E-state index >= 15 is 0 Å². The van der Waals surface area contributed by atoms with Crippen molar-refractivity contribution in [3.05, 3.63) is 72.0 Å². The van der Waals surface area contributed by atoms with Gasteiger partial charge in [0.25, 0.3) is 10.0 Å². The normalized spacial score (nSPS) is 11.8. The molecule has 2 amide bonds. The molecular formula is C33H42FN3O8S. The molecule has 0 aliphatic rings. The van der Waals surface area contributed by atoms with Gasteiger partial charge in [-0.1, -0.05) is 32.9 Å². The topological polar surface area (TPSA) is 124 Å². The molecule has 0 saturated heterocycles. The van der Waals surface area contributed by atoms with Gasteiger partial charge in [0.1, 0.15) is 29.9 Å². The number of sulfonamides is 1. The van der Waals surface area contributed by atoms with Crippen molar-refractivity contribution in [1.29, 1.82) is 0 Å². The minimum atomic E-state index is -4.49. The maximum absolute atomic E-state index is 14.4. The fourth-order valence-electron chi connectivity index (χ4n) is 4.74. The summed E-state index contributed by atoms with van der Waals surface area (Å²) in [6, 6.07) is 13.2. The number of hydrogen-bond donors (Lipinski definition) is 1. The minimum absolute atomic E-state index is 0.0315. The number of hydrogen-bond acceptors (Lipinski definition) is 8. The smallest absolute Gasteiger partial charge is 0.265 e. The number of rotatable bonds is 16. The molecule has 3 aromatic carbocycles. The quantitative estimate of drug-likeness (QED) is 0.236. The molecule has 3 rings (SSSR count). The third-order valence-corrected chi connectivity index (χ3v) is 8.97. The predicted molar refractivity (Wildman–Crippen MR) is 173 cm³/mol. The van der Waals surface area contributed by atoms with Crippen LogP contribution in [0.1, 0.15) is 32.8 Å². The largest absolute Gasteiger partial charge is 0.497 e. The van der Waals surface area contributed by atoms with Crippen LogP contribution >= 0.6 is 0 Å². The molecule has 250 valence electrons. The Morgan fingerprint density at radius 2 is 1.48 bits per heavy atom. The van der Waals surface area contributed by atoms with E-state index in [0.717, 1.165) is 4.31 Å². The number of halogens is 1. The van der Waals surface area contributed by atoms with Crippen molar-refractivity contribution in [3.8, 4) is 23.0 Å². The highest BCUT2D eigenvalue weighted by atomic mass is 32.2. The van der Waals surface area contributed by atoms with Crippen LogP contribution in [0.15, 0.2) is 65.6 Å². The van der Waals surface area contributed by atoms with Gasteiger partial charge in [-0.05, 0) is 54.3 Å². The maximum Gasteiger partial charge on any atom is 0.265 e. The van der Waals surface area contributed by atoms with Crippen molar-refractivity contribution in [2.24, 2.45) is 5.92 Å². The fraction of sp³-hybridized carbons (Fsp3) is 0.394. The molecule has 13 heteroatoms. The van der Waals surface area contributed by atoms with Crippen LogP contribution in [-0.4, -0.2) is 72.7 Å². The van der Waals surface area contributed by atoms with Gasteiger partial charge in [-0.2, -0.15) is 0 Å². The molecule has 46 heavy (non-hydrogen) atoms. The summed E-state index contributed by atoms with van der Waals surface area (Å²) in [6.45, 7) is 5.24. The Balaban J connectivity index is 2.18. The van der Waals surface area contributed by atoms with Crippen LogP contribution in [-0.2, 0) is 26.2 Å². The molecule has 3 aromatic rings. The van der Waals surface area contributed by atoms with Gasteiger partial charge in [-0.25, -0.2) is 12.8 Å². The van der Waals surface area contributed by atoms with Crippen molar-refractivity contribution < 1.29 is 41.3 Å². The number of carbonyl (C=O) groups excluding carboxylic acids is 2. The first-order chi connectivity index (χ1) is 21.9. The minimum Gasteiger partial charge on any atom is -0.497 e. The van der Waals surface area contributed by atoms with E-state index in [2.05, 4.69) is 5.32 Å². The van der Waals surface area contributed by atoms with E-state index in [1.54, 1.807) is 13.0 Å². The Hall–Kier alpha value is -4.52. The highest BCUT2D eigenvalue weighted by molar-refractivity contribution is 7.92. The van der Waals surface area contributed by atoms with Gasteiger partial charge in [-0.15, -0.1) is 0 Å². The number of benzene rings is 3. The Labute approximate surface area is 270 Å². The van der Waals surface area contributed by atoms with Gasteiger partial charge in [0.2, 0.25) is 11.8 Å². The van der Waals surface area contributed by atoms with E-state index in [1.807, 2.05) is 13.8 Å². The molecular weight excluding hydrogens is 617 g/mol. The standard InChI is InChI=1S/C33H42FN3O8S/c1-8-27(33(39)35-19-22(2)3)36(20-23-9-11-24(34)12-10-23)32(38)21-37(28-17-25(42-4)13-15-29(28)43-5)46(40,41)26-14-16-30(44-6)31(18-26)45-7/h9-18,22,27H,8,19-21H2,1-7H3,(H,35,39)/t27-/m0/s1. The lowest BCUT2D eigenvalue weighted by molar-refractivity contribution is -0.140. The van der Waals surface area contributed by atoms with Crippen LogP contribution in [0.2, 0.25) is 0 Å². The van der Waals surface area contributed by atoms with E-state index < -0.39 is 34.3 Å². The van der Waals surface area contributed by atoms with Gasteiger partial charge in [0, 0.05) is 25.2 Å². The lowest BCUT2D eigenvalue weighted by atomic mass is 10.1. The molecule has 1 N–H and O–H groups in total. The summed E-state index contributed by atoms with van der Waals surface area (Å²) in [7, 11) is 1.12. The average molecular weight is 660 g/mol. The van der Waals surface area contributed by atoms with E-state index in [-0.39, 0.29) is 46.9 Å². The van der Waals surface area contributed by atoms with Crippen LogP contribution < -0.4 is 28.6 Å². The molecule has 0 spiro atoms. The number of carbonyl (C=O) groups is 2. The van der Waals surface area contributed by atoms with Crippen LogP contribution in [0.5, 0.6) is 23.0 Å². The van der Waals surface area contributed by atoms with Gasteiger partial charge < -0.3 is 29.2 Å². The van der Waals surface area contributed by atoms with E-state index in [4.69, 9.17) is 18.9 Å². The summed E-state index contributed by atoms with van der Waals surface area (Å²) >= 11 is 0. The second-order valence-corrected chi connectivity index (χ2v) is 12.6. The van der Waals surface area contributed by atoms with Crippen molar-refractivity contribution in [1.82, 2.24) is 10.2 Å². The van der Waals surface area contributed by atoms with Gasteiger partial charge in [0.05, 0.1) is 39.0 Å². The predicted octanol–water partition coefficient (Wildman–Crippen LogP) is 4.64. The summed E-state index contributed by atoms with van der Waals surface area (Å²) in [6.07, 6.45) is 0.238. The number of ether oxygens (including phenoxy) is 4. The molecule has 0 heterocycles. The monoisotopic (exact) mass is 659 g/mol. The Morgan fingerprint density at radius 3 is 2.04 bits per heavy atom. The number of methoxy groups -OCH3 is 4. The van der Waals surface area contributed by atoms with Crippen LogP contribution in [0.25, 0.3) is 0 Å². The summed E-state index contributed by atoms with van der Waals surface area (Å²) in [4.78, 5) is 28.9. The van der Waals surface area contributed by atoms with E-state index in [1.165, 1.54) is 87.9 Å². The molecule has 0 unspecified atom stereocenters. The first-order valence-corrected chi connectivity index (χ1v) is 16.1. The second kappa shape index (κ2) is 16.2. The molecule has 1 atom stereocenters. The zero-order valence-electron chi connectivity index (χ0n) is 27.2. The average Bonchev–Trinajstić information content (AvgIpc) is 3.05. The lowest BCUT2D eigenvalue weighted by Gasteiger charge is -2.33. The summed E-state index contributed by atoms with van der Waals surface area (Å²) in [5.74, 6) is -0.413. The number of anilines is 1. The van der Waals surface area contributed by atoms with E-state index in [9.17, 15) is 22.4 Å². The van der Waals surface area contributed by atoms with Gasteiger partial charge >= 0.3 is 0 Å². The van der Waals surface area contributed by atoms with E-state index in [0.29, 0.717) is 23.6 Å². The first-order valence-electron chi connectivity index (χ1n) is 14.7. The summed E-state index contributed by atoms with van der Waals surface area (Å²) in [5.41, 5.74) is 0.585. The van der Waals surface area contributed by atoms with Crippen LogP contribution in [0.4, 0.5) is 10.1 Å². The van der Waals surface area contributed by atoms with Gasteiger partial charge in [0.15, 0.2) is 11.5 Å². The van der Waals surface area contributed by atoms with Crippen molar-refractivity contribution >= 4 is 27.5 Å². The molecule has 0 bridgehead atoms. The summed E-state index contributed by atoms with van der Waals surface area (Å²) < 4.78 is 65.0. The molecule has 0 fully saturated rings. The summed E-state index contributed by atoms with van der Waals surface area (Å²) in [5, 5.41) is 2.87. The van der Waals surface area contributed by atoms with Crippen LogP contribution in [0.3, 0.4) is 0 Å². The highest BCUT2D eigenvalue weighted by Crippen LogP contribution is 2.38. The Morgan fingerprint density at radius 1 is 0.848 bits per heavy atom. The van der Waals surface area contributed by atoms with Crippen LogP contribution in [0, 0.1) is 11.7 Å². The SMILES string of the molecule is CC[C@@H](C(=O)NCC(C)C)N(Cc1ccc(F)cc1)C(=O)CN(c1cc(OC)ccc1OC)S(=O)(=O)c1ccc(OC)c(OC)c1. The second-order valence-electron chi connectivity index (χ2n) is 10.8. The third-order valence-electron chi connectivity index (χ3n) is 7.21. The molecule has 0 saturated carbocycles. The third kappa shape index (κ3) is 8.59. The Kier molecular flexibility index (Phi) is 12.6. The van der Waals surface area contributed by atoms with Crippen molar-refractivity contribution in [3.63, 3.8) is 0 Å². The maximum atomic E-state index is 14.4. The molecule has 0 aromatic heterocycles. The number of nitrogens with one attached hydrogen (secondary N) is 1. The Bertz CT molecular complexity index is 1600. The first kappa shape index (κ1) is 36.0. The van der Waals surface area contributed by atoms with Gasteiger partial charge in [-0.3, -0.25) is 13.9 Å². The fourth-order valence-corrected chi connectivity index (χ4v) is 6.17. The molecule has 0 aliphatic heterocycles. The number of nitrogens with zero attached hydrogens (tertiary/aromatic N) is 2.